The van der Waals surface area contributed by atoms with Gasteiger partial charge in [-0.05, 0) is 111 Å². The highest BCUT2D eigenvalue weighted by molar-refractivity contribution is 6.30. The van der Waals surface area contributed by atoms with E-state index in [-0.39, 0.29) is 0 Å². The summed E-state index contributed by atoms with van der Waals surface area (Å²) in [6, 6.07) is 44.9. The molecule has 0 saturated carbocycles. The van der Waals surface area contributed by atoms with Crippen LogP contribution in [0.25, 0.3) is 87.6 Å². The summed E-state index contributed by atoms with van der Waals surface area (Å²) in [5.74, 6) is 0. The van der Waals surface area contributed by atoms with E-state index >= 15 is 0 Å². The van der Waals surface area contributed by atoms with E-state index in [1.807, 2.05) is 6.07 Å². The molecule has 0 radical (unpaired) electrons. The van der Waals surface area contributed by atoms with Crippen LogP contribution in [0.3, 0.4) is 0 Å². The monoisotopic (exact) mass is 576 g/mol. The first-order valence-corrected chi connectivity index (χ1v) is 15.8. The fourth-order valence-electron chi connectivity index (χ4n) is 7.77. The Labute approximate surface area is 262 Å². The molecule has 0 saturated heterocycles. The minimum Gasteiger partial charge on any atom is -0.455 e. The first-order chi connectivity index (χ1) is 22.0. The van der Waals surface area contributed by atoms with Crippen LogP contribution in [-0.2, 0) is 0 Å². The first-order valence-electron chi connectivity index (χ1n) is 15.8. The number of para-hydroxylation sites is 2. The third-order valence-corrected chi connectivity index (χ3v) is 9.82. The summed E-state index contributed by atoms with van der Waals surface area (Å²) in [4.78, 5) is 0. The third-order valence-electron chi connectivity index (χ3n) is 9.82. The van der Waals surface area contributed by atoms with Crippen LogP contribution < -0.4 is 0 Å². The maximum atomic E-state index is 6.61. The number of hydrogen-bond donors (Lipinski definition) is 0. The molecule has 0 atom stereocenters. The van der Waals surface area contributed by atoms with Crippen LogP contribution >= 0.6 is 0 Å². The van der Waals surface area contributed by atoms with Gasteiger partial charge < -0.3 is 4.42 Å². The standard InChI is InChI=1S/C44H32O/c1-25-12-16-30(27(3)22-25)32-18-14-29-15-19-35-40(38-10-7-9-37-33-8-5-6-11-41(33)45-44(37)38)24-39(31-17-13-26(2)23-28(31)4)36-21-20-34(32)42(29)43(35)36/h5-24H,1-4H3. The van der Waals surface area contributed by atoms with Crippen LogP contribution in [0.1, 0.15) is 22.3 Å². The lowest BCUT2D eigenvalue weighted by Gasteiger charge is -2.20. The number of aryl methyl sites for hydroxylation is 4. The molecule has 0 N–H and O–H groups in total. The van der Waals surface area contributed by atoms with Crippen molar-refractivity contribution in [3.05, 3.63) is 144 Å². The second-order valence-electron chi connectivity index (χ2n) is 12.7. The normalized spacial score (nSPS) is 12.0. The van der Waals surface area contributed by atoms with Gasteiger partial charge in [0.05, 0.1) is 0 Å². The van der Waals surface area contributed by atoms with Gasteiger partial charge in [0.15, 0.2) is 0 Å². The van der Waals surface area contributed by atoms with Crippen molar-refractivity contribution in [3.63, 3.8) is 0 Å². The van der Waals surface area contributed by atoms with Gasteiger partial charge in [-0.3, -0.25) is 0 Å². The SMILES string of the molecule is Cc1ccc(-c2ccc3ccc4c(-c5cccc6c5oc5ccccc56)cc(-c5ccc(C)cc5C)c5ccc2c3c54)c(C)c1. The van der Waals surface area contributed by atoms with Crippen LogP contribution in [0.2, 0.25) is 0 Å². The van der Waals surface area contributed by atoms with E-state index in [2.05, 4.69) is 143 Å². The molecule has 1 aromatic heterocycles. The molecule has 1 heterocycles. The zero-order valence-corrected chi connectivity index (χ0v) is 26.0. The molecular formula is C44H32O. The van der Waals surface area contributed by atoms with Gasteiger partial charge in [0.25, 0.3) is 0 Å². The Kier molecular flexibility index (Phi) is 5.53. The van der Waals surface area contributed by atoms with Gasteiger partial charge in [-0.1, -0.05) is 120 Å². The fraction of sp³-hybridized carbons (Fsp3) is 0.0909. The summed E-state index contributed by atoms with van der Waals surface area (Å²) >= 11 is 0. The Hall–Kier alpha value is -5.40. The van der Waals surface area contributed by atoms with Crippen molar-refractivity contribution >= 4 is 54.3 Å². The zero-order valence-electron chi connectivity index (χ0n) is 26.0. The summed E-state index contributed by atoms with van der Waals surface area (Å²) in [6.07, 6.45) is 0. The van der Waals surface area contributed by atoms with Gasteiger partial charge in [-0.25, -0.2) is 0 Å². The number of fused-ring (bicyclic) bond motifs is 3. The maximum absolute atomic E-state index is 6.61. The van der Waals surface area contributed by atoms with Gasteiger partial charge in [-0.2, -0.15) is 0 Å². The lowest BCUT2D eigenvalue weighted by atomic mass is 9.83. The van der Waals surface area contributed by atoms with Crippen molar-refractivity contribution in [2.24, 2.45) is 0 Å². The third kappa shape index (κ3) is 3.80. The molecule has 0 aliphatic carbocycles. The molecule has 45 heavy (non-hydrogen) atoms. The molecular weight excluding hydrogens is 544 g/mol. The molecule has 0 spiro atoms. The molecule has 9 aromatic rings. The second kappa shape index (κ2) is 9.55. The Morgan fingerprint density at radius 2 is 0.956 bits per heavy atom. The van der Waals surface area contributed by atoms with Crippen LogP contribution in [0.4, 0.5) is 0 Å². The molecule has 0 aliphatic heterocycles. The van der Waals surface area contributed by atoms with Crippen LogP contribution in [0.5, 0.6) is 0 Å². The predicted octanol–water partition coefficient (Wildman–Crippen LogP) is 12.7. The van der Waals surface area contributed by atoms with Crippen molar-refractivity contribution in [1.82, 2.24) is 0 Å². The topological polar surface area (TPSA) is 13.1 Å². The Morgan fingerprint density at radius 1 is 0.378 bits per heavy atom. The highest BCUT2D eigenvalue weighted by Crippen LogP contribution is 2.48. The quantitative estimate of drug-likeness (QED) is 0.191. The smallest absolute Gasteiger partial charge is 0.143 e. The van der Waals surface area contributed by atoms with E-state index in [9.17, 15) is 0 Å². The minimum atomic E-state index is 0.922. The molecule has 0 aliphatic rings. The van der Waals surface area contributed by atoms with Crippen LogP contribution in [0, 0.1) is 27.7 Å². The highest BCUT2D eigenvalue weighted by Gasteiger charge is 2.21. The van der Waals surface area contributed by atoms with Crippen molar-refractivity contribution in [2.45, 2.75) is 27.7 Å². The Balaban J connectivity index is 1.45. The van der Waals surface area contributed by atoms with Gasteiger partial charge in [0, 0.05) is 16.3 Å². The van der Waals surface area contributed by atoms with Crippen LogP contribution in [-0.4, -0.2) is 0 Å². The Bertz CT molecular complexity index is 2630. The van der Waals surface area contributed by atoms with Crippen molar-refractivity contribution < 1.29 is 4.42 Å². The van der Waals surface area contributed by atoms with E-state index < -0.39 is 0 Å². The average Bonchev–Trinajstić information content (AvgIpc) is 3.43. The molecule has 8 aromatic carbocycles. The molecule has 214 valence electrons. The summed E-state index contributed by atoms with van der Waals surface area (Å²) in [7, 11) is 0. The largest absolute Gasteiger partial charge is 0.455 e. The van der Waals surface area contributed by atoms with Gasteiger partial charge in [0.1, 0.15) is 11.2 Å². The lowest BCUT2D eigenvalue weighted by Crippen LogP contribution is -1.94. The predicted molar refractivity (Wildman–Crippen MR) is 193 cm³/mol. The first kappa shape index (κ1) is 26.0. The highest BCUT2D eigenvalue weighted by atomic mass is 16.3. The van der Waals surface area contributed by atoms with Gasteiger partial charge in [-0.15, -0.1) is 0 Å². The molecule has 9 rings (SSSR count). The molecule has 0 fully saturated rings. The zero-order chi connectivity index (χ0) is 30.4. The summed E-state index contributed by atoms with van der Waals surface area (Å²) in [6.45, 7) is 8.80. The van der Waals surface area contributed by atoms with Crippen molar-refractivity contribution in [1.29, 1.82) is 0 Å². The van der Waals surface area contributed by atoms with Gasteiger partial charge >= 0.3 is 0 Å². The van der Waals surface area contributed by atoms with Gasteiger partial charge in [0.2, 0.25) is 0 Å². The van der Waals surface area contributed by atoms with Crippen molar-refractivity contribution in [2.75, 3.05) is 0 Å². The number of hydrogen-bond acceptors (Lipinski definition) is 1. The number of rotatable bonds is 3. The number of benzene rings is 8. The van der Waals surface area contributed by atoms with E-state index in [0.717, 1.165) is 27.5 Å². The van der Waals surface area contributed by atoms with E-state index in [0.29, 0.717) is 0 Å². The Morgan fingerprint density at radius 3 is 1.69 bits per heavy atom. The molecule has 1 heteroatoms. The molecule has 0 unspecified atom stereocenters. The molecule has 0 amide bonds. The molecule has 1 nitrogen and oxygen atoms in total. The fourth-order valence-corrected chi connectivity index (χ4v) is 7.77. The minimum absolute atomic E-state index is 0.922. The number of furan rings is 1. The van der Waals surface area contributed by atoms with E-state index in [1.165, 1.54) is 82.4 Å². The van der Waals surface area contributed by atoms with E-state index in [4.69, 9.17) is 4.42 Å². The van der Waals surface area contributed by atoms with Crippen LogP contribution in [0.15, 0.2) is 126 Å². The van der Waals surface area contributed by atoms with Crippen molar-refractivity contribution in [3.8, 4) is 33.4 Å². The van der Waals surface area contributed by atoms with E-state index in [1.54, 1.807) is 0 Å². The maximum Gasteiger partial charge on any atom is 0.143 e. The molecule has 0 bridgehead atoms. The summed E-state index contributed by atoms with van der Waals surface area (Å²) < 4.78 is 6.61. The second-order valence-corrected chi connectivity index (χ2v) is 12.7. The summed E-state index contributed by atoms with van der Waals surface area (Å²) in [5, 5.41) is 10.0. The lowest BCUT2D eigenvalue weighted by molar-refractivity contribution is 0.670. The summed E-state index contributed by atoms with van der Waals surface area (Å²) in [5.41, 5.74) is 14.5. The average molecular weight is 577 g/mol.